The number of benzene rings is 2. The van der Waals surface area contributed by atoms with Gasteiger partial charge in [0.05, 0.1) is 23.4 Å². The van der Waals surface area contributed by atoms with Crippen molar-refractivity contribution in [1.29, 1.82) is 5.26 Å². The average Bonchev–Trinajstić information content (AvgIpc) is 2.83. The number of anilines is 1. The Labute approximate surface area is 221 Å². The lowest BCUT2D eigenvalue weighted by Crippen LogP contribution is -2.54. The first-order chi connectivity index (χ1) is 17.4. The van der Waals surface area contributed by atoms with Crippen molar-refractivity contribution in [2.45, 2.75) is 45.4 Å². The molecule has 0 fully saturated rings. The van der Waals surface area contributed by atoms with Gasteiger partial charge in [0.2, 0.25) is 5.91 Å². The van der Waals surface area contributed by atoms with Gasteiger partial charge in [-0.3, -0.25) is 9.59 Å². The summed E-state index contributed by atoms with van der Waals surface area (Å²) in [5.74, 6) is -1.50. The van der Waals surface area contributed by atoms with Crippen LogP contribution in [0.5, 0.6) is 0 Å². The van der Waals surface area contributed by atoms with Crippen LogP contribution in [0.25, 0.3) is 6.08 Å². The van der Waals surface area contributed by atoms with Crippen LogP contribution < -0.4 is 10.6 Å². The first kappa shape index (κ1) is 29.4. The molecule has 2 aromatic rings. The molecule has 0 spiro atoms. The molecule has 2 aromatic carbocycles. The van der Waals surface area contributed by atoms with Crippen LogP contribution in [-0.4, -0.2) is 52.7 Å². The molecule has 0 aliphatic carbocycles. The number of rotatable bonds is 9. The molecule has 0 heterocycles. The molecular formula is C27H31ClN4O5. The molecule has 0 aliphatic heterocycles. The van der Waals surface area contributed by atoms with Crippen molar-refractivity contribution in [1.82, 2.24) is 10.2 Å². The zero-order valence-electron chi connectivity index (χ0n) is 21.2. The third-order valence-electron chi connectivity index (χ3n) is 5.19. The van der Waals surface area contributed by atoms with Gasteiger partial charge in [-0.05, 0) is 56.5 Å². The van der Waals surface area contributed by atoms with Crippen LogP contribution in [0, 0.1) is 18.3 Å². The highest BCUT2D eigenvalue weighted by Crippen LogP contribution is 2.29. The number of amides is 3. The summed E-state index contributed by atoms with van der Waals surface area (Å²) in [5, 5.41) is 24.8. The molecule has 3 amide bonds. The summed E-state index contributed by atoms with van der Waals surface area (Å²) in [4.78, 5) is 40.5. The number of para-hydroxylation sites is 1. The summed E-state index contributed by atoms with van der Waals surface area (Å²) < 4.78 is 5.19. The largest absolute Gasteiger partial charge is 0.444 e. The first-order valence-electron chi connectivity index (χ1n) is 11.5. The number of nitriles is 1. The van der Waals surface area contributed by atoms with Gasteiger partial charge in [0.25, 0.3) is 5.91 Å². The number of carbonyl (C=O) groups is 3. The molecule has 2 unspecified atom stereocenters. The normalized spacial score (nSPS) is 12.5. The Kier molecular flexibility index (Phi) is 10.2. The lowest BCUT2D eigenvalue weighted by molar-refractivity contribution is -0.140. The number of nitrogens with zero attached hydrogens (tertiary/aromatic N) is 2. The van der Waals surface area contributed by atoms with E-state index in [1.54, 1.807) is 76.2 Å². The third kappa shape index (κ3) is 8.07. The van der Waals surface area contributed by atoms with Gasteiger partial charge < -0.3 is 25.4 Å². The zero-order chi connectivity index (χ0) is 27.8. The van der Waals surface area contributed by atoms with Crippen molar-refractivity contribution in [2.24, 2.45) is 0 Å². The Morgan fingerprint density at radius 3 is 2.49 bits per heavy atom. The summed E-state index contributed by atoms with van der Waals surface area (Å²) in [7, 11) is 0. The topological polar surface area (TPSA) is 132 Å². The number of halogens is 1. The van der Waals surface area contributed by atoms with E-state index in [0.29, 0.717) is 27.4 Å². The lowest BCUT2D eigenvalue weighted by Gasteiger charge is -2.32. The van der Waals surface area contributed by atoms with Gasteiger partial charge in [-0.1, -0.05) is 54.6 Å². The molecule has 10 heteroatoms. The van der Waals surface area contributed by atoms with Crippen LogP contribution in [0.4, 0.5) is 10.5 Å². The van der Waals surface area contributed by atoms with Gasteiger partial charge in [0.1, 0.15) is 24.2 Å². The summed E-state index contributed by atoms with van der Waals surface area (Å²) in [6.45, 7) is 9.15. The van der Waals surface area contributed by atoms with Crippen LogP contribution in [-0.2, 0) is 14.3 Å². The number of alkyl carbamates (subject to hydrolysis) is 1. The van der Waals surface area contributed by atoms with Crippen molar-refractivity contribution >= 4 is 41.3 Å². The number of hydrogen-bond donors (Lipinski definition) is 3. The molecule has 0 radical (unpaired) electrons. The number of carbonyl (C=O) groups excluding carboxylic acids is 3. The number of nitrogens with one attached hydrogen (secondary N) is 2. The highest BCUT2D eigenvalue weighted by Gasteiger charge is 2.36. The number of hydrogen-bond acceptors (Lipinski definition) is 6. The minimum Gasteiger partial charge on any atom is -0.444 e. The lowest BCUT2D eigenvalue weighted by atomic mass is 10.00. The van der Waals surface area contributed by atoms with E-state index >= 15 is 0 Å². The Hall–Kier alpha value is -3.87. The second kappa shape index (κ2) is 12.9. The van der Waals surface area contributed by atoms with E-state index in [9.17, 15) is 24.8 Å². The molecule has 0 aromatic heterocycles. The van der Waals surface area contributed by atoms with E-state index in [-0.39, 0.29) is 0 Å². The Morgan fingerprint density at radius 2 is 1.92 bits per heavy atom. The number of aryl methyl sites for hydroxylation is 1. The Morgan fingerprint density at radius 1 is 1.24 bits per heavy atom. The van der Waals surface area contributed by atoms with Crippen LogP contribution >= 0.6 is 11.6 Å². The van der Waals surface area contributed by atoms with Crippen molar-refractivity contribution < 1.29 is 24.2 Å². The molecule has 0 saturated heterocycles. The maximum atomic E-state index is 13.7. The van der Waals surface area contributed by atoms with Crippen molar-refractivity contribution in [2.75, 3.05) is 18.5 Å². The highest BCUT2D eigenvalue weighted by molar-refractivity contribution is 6.34. The maximum absolute atomic E-state index is 13.7. The second-order valence-electron chi connectivity index (χ2n) is 9.20. The van der Waals surface area contributed by atoms with E-state index in [0.717, 1.165) is 4.90 Å². The van der Waals surface area contributed by atoms with Crippen molar-refractivity contribution in [3.8, 4) is 6.07 Å². The van der Waals surface area contributed by atoms with E-state index in [1.807, 2.05) is 6.07 Å². The molecule has 2 atom stereocenters. The van der Waals surface area contributed by atoms with E-state index in [1.165, 1.54) is 0 Å². The predicted molar refractivity (Wildman–Crippen MR) is 142 cm³/mol. The second-order valence-corrected chi connectivity index (χ2v) is 9.61. The van der Waals surface area contributed by atoms with Crippen LogP contribution in [0.3, 0.4) is 0 Å². The number of ether oxygens (including phenoxy) is 1. The van der Waals surface area contributed by atoms with Gasteiger partial charge in [-0.2, -0.15) is 5.26 Å². The van der Waals surface area contributed by atoms with Crippen molar-refractivity contribution in [3.63, 3.8) is 0 Å². The van der Waals surface area contributed by atoms with E-state index < -0.39 is 48.7 Å². The fourth-order valence-electron chi connectivity index (χ4n) is 3.52. The van der Waals surface area contributed by atoms with E-state index in [4.69, 9.17) is 16.3 Å². The molecular weight excluding hydrogens is 496 g/mol. The SMILES string of the molecule is C=Cc1cccc(C(C(=O)Nc2c(C)cccc2Cl)N(CC#N)C(=O)C(CO)NC(=O)OC(C)(C)C)c1. The molecule has 3 N–H and O–H groups in total. The van der Waals surface area contributed by atoms with Crippen LogP contribution in [0.15, 0.2) is 49.0 Å². The predicted octanol–water partition coefficient (Wildman–Crippen LogP) is 4.21. The van der Waals surface area contributed by atoms with Gasteiger partial charge >= 0.3 is 6.09 Å². The van der Waals surface area contributed by atoms with Crippen LogP contribution in [0.2, 0.25) is 5.02 Å². The molecule has 0 saturated carbocycles. The minimum absolute atomic E-state index is 0.296. The summed E-state index contributed by atoms with van der Waals surface area (Å²) in [6.07, 6.45) is 0.645. The molecule has 0 aliphatic rings. The standard InChI is InChI=1S/C27H31ClN4O5/c1-6-18-10-8-11-19(15-18)23(24(34)31-22-17(2)9-7-12-20(22)28)32(14-13-29)25(35)21(16-33)30-26(36)37-27(3,4)5/h6-12,15,21,23,33H,1,14,16H2,2-5H3,(H,30,36)(H,31,34). The molecule has 196 valence electrons. The molecule has 37 heavy (non-hydrogen) atoms. The van der Waals surface area contributed by atoms with E-state index in [2.05, 4.69) is 17.2 Å². The van der Waals surface area contributed by atoms with Crippen LogP contribution in [0.1, 0.15) is 43.5 Å². The molecule has 9 nitrogen and oxygen atoms in total. The van der Waals surface area contributed by atoms with Gasteiger partial charge in [-0.25, -0.2) is 4.79 Å². The summed E-state index contributed by atoms with van der Waals surface area (Å²) in [6, 6.07) is 11.0. The minimum atomic E-state index is -1.47. The number of aliphatic hydroxyl groups is 1. The molecule has 0 bridgehead atoms. The fourth-order valence-corrected chi connectivity index (χ4v) is 3.79. The summed E-state index contributed by atoms with van der Waals surface area (Å²) in [5.41, 5.74) is 1.27. The summed E-state index contributed by atoms with van der Waals surface area (Å²) >= 11 is 6.30. The molecule has 2 rings (SSSR count). The Bertz CT molecular complexity index is 1180. The van der Waals surface area contributed by atoms with Gasteiger partial charge in [0.15, 0.2) is 0 Å². The maximum Gasteiger partial charge on any atom is 0.408 e. The number of aliphatic hydroxyl groups excluding tert-OH is 1. The quantitative estimate of drug-likeness (QED) is 0.419. The smallest absolute Gasteiger partial charge is 0.408 e. The average molecular weight is 527 g/mol. The fraction of sp³-hybridized carbons (Fsp3) is 0.333. The van der Waals surface area contributed by atoms with Crippen molar-refractivity contribution in [3.05, 3.63) is 70.8 Å². The Balaban J connectivity index is 2.53. The van der Waals surface area contributed by atoms with Gasteiger partial charge in [-0.15, -0.1) is 0 Å². The zero-order valence-corrected chi connectivity index (χ0v) is 22.0. The highest BCUT2D eigenvalue weighted by atomic mass is 35.5. The third-order valence-corrected chi connectivity index (χ3v) is 5.50. The first-order valence-corrected chi connectivity index (χ1v) is 11.9. The monoisotopic (exact) mass is 526 g/mol. The van der Waals surface area contributed by atoms with Gasteiger partial charge in [0, 0.05) is 0 Å².